The van der Waals surface area contributed by atoms with Gasteiger partial charge in [0.25, 0.3) is 5.91 Å². The summed E-state index contributed by atoms with van der Waals surface area (Å²) in [5.74, 6) is -0.266. The fraction of sp³-hybridized carbons (Fsp3) is 0.550. The van der Waals surface area contributed by atoms with Crippen LogP contribution in [0.15, 0.2) is 24.3 Å². The zero-order valence-electron chi connectivity index (χ0n) is 16.8. The predicted molar refractivity (Wildman–Crippen MR) is 109 cm³/mol. The van der Waals surface area contributed by atoms with E-state index in [0.717, 1.165) is 17.7 Å². The van der Waals surface area contributed by atoms with Crippen LogP contribution in [0.4, 0.5) is 5.69 Å². The number of esters is 1. The summed E-state index contributed by atoms with van der Waals surface area (Å²) in [6.07, 6.45) is 1.20. The number of nitrogens with zero attached hydrogens (tertiary/aromatic N) is 3. The molecule has 2 aliphatic heterocycles. The summed E-state index contributed by atoms with van der Waals surface area (Å²) in [5.41, 5.74) is 2.09. The monoisotopic (exact) mass is 405 g/mol. The Morgan fingerprint density at radius 1 is 1.25 bits per heavy atom. The van der Waals surface area contributed by atoms with E-state index in [2.05, 4.69) is 0 Å². The molecule has 0 aromatic heterocycles. The summed E-state index contributed by atoms with van der Waals surface area (Å²) >= 11 is 1.61. The first-order chi connectivity index (χ1) is 13.2. The third kappa shape index (κ3) is 4.11. The van der Waals surface area contributed by atoms with Crippen molar-refractivity contribution in [2.75, 3.05) is 38.4 Å². The molecule has 1 aromatic rings. The zero-order valence-corrected chi connectivity index (χ0v) is 17.6. The number of amides is 2. The van der Waals surface area contributed by atoms with Gasteiger partial charge in [0.1, 0.15) is 6.04 Å². The minimum Gasteiger partial charge on any atom is -0.454 e. The van der Waals surface area contributed by atoms with Crippen LogP contribution in [0.3, 0.4) is 0 Å². The molecule has 152 valence electrons. The van der Waals surface area contributed by atoms with E-state index in [1.54, 1.807) is 23.7 Å². The first-order valence-corrected chi connectivity index (χ1v) is 10.3. The molecule has 0 aliphatic carbocycles. The van der Waals surface area contributed by atoms with Gasteiger partial charge < -0.3 is 19.4 Å². The van der Waals surface area contributed by atoms with Crippen molar-refractivity contribution in [2.24, 2.45) is 0 Å². The Morgan fingerprint density at radius 3 is 2.57 bits per heavy atom. The van der Waals surface area contributed by atoms with Crippen LogP contribution in [-0.2, 0) is 25.7 Å². The molecule has 8 heteroatoms. The summed E-state index contributed by atoms with van der Waals surface area (Å²) < 4.78 is 5.25. The number of fused-ring (bicyclic) bond motifs is 1. The largest absolute Gasteiger partial charge is 0.454 e. The van der Waals surface area contributed by atoms with Crippen LogP contribution >= 0.6 is 11.8 Å². The van der Waals surface area contributed by atoms with Gasteiger partial charge in [0.2, 0.25) is 5.91 Å². The molecule has 28 heavy (non-hydrogen) atoms. The van der Waals surface area contributed by atoms with Gasteiger partial charge in [-0.25, -0.2) is 4.79 Å². The molecule has 0 spiro atoms. The summed E-state index contributed by atoms with van der Waals surface area (Å²) in [6.45, 7) is 2.10. The van der Waals surface area contributed by atoms with Gasteiger partial charge in [-0.05, 0) is 31.0 Å². The number of hydrogen-bond acceptors (Lipinski definition) is 6. The molecule has 7 nitrogen and oxygen atoms in total. The van der Waals surface area contributed by atoms with Gasteiger partial charge in [-0.2, -0.15) is 0 Å². The SMILES string of the molecule is CN(Cc1ccc(N(C)C)cc1)C(=O)COC(=O)[C@@H]1CS[C@@]2(C)CCC(=O)N12. The third-order valence-corrected chi connectivity index (χ3v) is 6.86. The molecule has 0 bridgehead atoms. The van der Waals surface area contributed by atoms with Gasteiger partial charge in [-0.1, -0.05) is 12.1 Å². The number of hydrogen-bond donors (Lipinski definition) is 0. The molecule has 3 rings (SSSR count). The predicted octanol–water partition coefficient (Wildman–Crippen LogP) is 1.71. The quantitative estimate of drug-likeness (QED) is 0.671. The maximum atomic E-state index is 12.5. The number of thioether (sulfide) groups is 1. The molecule has 1 aromatic carbocycles. The van der Waals surface area contributed by atoms with Crippen molar-refractivity contribution in [2.45, 2.75) is 37.2 Å². The average molecular weight is 406 g/mol. The molecule has 0 unspecified atom stereocenters. The molecule has 2 atom stereocenters. The van der Waals surface area contributed by atoms with Crippen LogP contribution < -0.4 is 4.90 Å². The van der Waals surface area contributed by atoms with E-state index in [1.165, 1.54) is 4.90 Å². The van der Waals surface area contributed by atoms with E-state index in [4.69, 9.17) is 4.74 Å². The zero-order chi connectivity index (χ0) is 20.5. The molecule has 2 aliphatic rings. The molecule has 0 radical (unpaired) electrons. The molecule has 2 amide bonds. The highest BCUT2D eigenvalue weighted by atomic mass is 32.2. The maximum absolute atomic E-state index is 12.5. The van der Waals surface area contributed by atoms with Gasteiger partial charge in [-0.3, -0.25) is 9.59 Å². The Balaban J connectivity index is 1.50. The lowest BCUT2D eigenvalue weighted by molar-refractivity contribution is -0.158. The number of anilines is 1. The number of carbonyl (C=O) groups excluding carboxylic acids is 3. The van der Waals surface area contributed by atoms with Crippen molar-refractivity contribution in [3.8, 4) is 0 Å². The van der Waals surface area contributed by atoms with Gasteiger partial charge in [0, 0.05) is 45.5 Å². The van der Waals surface area contributed by atoms with Crippen molar-refractivity contribution < 1.29 is 19.1 Å². The van der Waals surface area contributed by atoms with Gasteiger partial charge in [-0.15, -0.1) is 11.8 Å². The Bertz CT molecular complexity index is 767. The van der Waals surface area contributed by atoms with E-state index >= 15 is 0 Å². The lowest BCUT2D eigenvalue weighted by atomic mass is 10.2. The highest BCUT2D eigenvalue weighted by molar-refractivity contribution is 8.01. The molecular formula is C20H27N3O4S. The van der Waals surface area contributed by atoms with E-state index in [9.17, 15) is 14.4 Å². The Hall–Kier alpha value is -2.22. The second-order valence-electron chi connectivity index (χ2n) is 7.68. The smallest absolute Gasteiger partial charge is 0.330 e. The second-order valence-corrected chi connectivity index (χ2v) is 9.19. The topological polar surface area (TPSA) is 70.2 Å². The molecule has 0 N–H and O–H groups in total. The minimum atomic E-state index is -0.596. The van der Waals surface area contributed by atoms with Gasteiger partial charge in [0.05, 0.1) is 4.87 Å². The number of carbonyl (C=O) groups is 3. The van der Waals surface area contributed by atoms with Crippen LogP contribution in [0.2, 0.25) is 0 Å². The third-order valence-electron chi connectivity index (χ3n) is 5.35. The van der Waals surface area contributed by atoms with Crippen molar-refractivity contribution in [1.29, 1.82) is 0 Å². The van der Waals surface area contributed by atoms with Crippen molar-refractivity contribution in [3.63, 3.8) is 0 Å². The van der Waals surface area contributed by atoms with Crippen LogP contribution in [0.25, 0.3) is 0 Å². The first kappa shape index (κ1) is 20.5. The standard InChI is InChI=1S/C20H27N3O4S/c1-20-10-9-17(24)23(20)16(13-28-20)19(26)27-12-18(25)22(4)11-14-5-7-15(8-6-14)21(2)3/h5-8,16H,9-13H2,1-4H3/t16-,20-/m0/s1. The van der Waals surface area contributed by atoms with Crippen LogP contribution in [-0.4, -0.2) is 72.0 Å². The van der Waals surface area contributed by atoms with Crippen LogP contribution in [0.1, 0.15) is 25.3 Å². The molecule has 2 heterocycles. The van der Waals surface area contributed by atoms with Gasteiger partial charge >= 0.3 is 5.97 Å². The van der Waals surface area contributed by atoms with Crippen LogP contribution in [0.5, 0.6) is 0 Å². The number of benzene rings is 1. The number of rotatable bonds is 6. The number of likely N-dealkylation sites (N-methyl/N-ethyl adjacent to an activating group) is 1. The van der Waals surface area contributed by atoms with Crippen molar-refractivity contribution >= 4 is 35.2 Å². The number of ether oxygens (including phenoxy) is 1. The Labute approximate surface area is 170 Å². The van der Waals surface area contributed by atoms with Gasteiger partial charge in [0.15, 0.2) is 6.61 Å². The lowest BCUT2D eigenvalue weighted by Gasteiger charge is -2.29. The average Bonchev–Trinajstić information content (AvgIpc) is 3.15. The molecule has 0 saturated carbocycles. The molecule has 2 fully saturated rings. The van der Waals surface area contributed by atoms with Crippen LogP contribution in [0, 0.1) is 0 Å². The van der Waals surface area contributed by atoms with E-state index in [0.29, 0.717) is 18.7 Å². The van der Waals surface area contributed by atoms with E-state index < -0.39 is 12.0 Å². The fourth-order valence-electron chi connectivity index (χ4n) is 3.60. The summed E-state index contributed by atoms with van der Waals surface area (Å²) in [6, 6.07) is 7.34. The first-order valence-electron chi connectivity index (χ1n) is 9.34. The lowest BCUT2D eigenvalue weighted by Crippen LogP contribution is -2.47. The van der Waals surface area contributed by atoms with E-state index in [-0.39, 0.29) is 23.3 Å². The van der Waals surface area contributed by atoms with E-state index in [1.807, 2.05) is 50.2 Å². The second kappa shape index (κ2) is 8.03. The molecule has 2 saturated heterocycles. The summed E-state index contributed by atoms with van der Waals surface area (Å²) in [4.78, 5) is 41.8. The Morgan fingerprint density at radius 2 is 1.93 bits per heavy atom. The van der Waals surface area contributed by atoms with Crippen molar-refractivity contribution in [1.82, 2.24) is 9.80 Å². The molecular weight excluding hydrogens is 378 g/mol. The maximum Gasteiger partial charge on any atom is 0.330 e. The minimum absolute atomic E-state index is 0.0148. The fourth-order valence-corrected chi connectivity index (χ4v) is 5.01. The highest BCUT2D eigenvalue weighted by Crippen LogP contribution is 2.47. The summed E-state index contributed by atoms with van der Waals surface area (Å²) in [5, 5.41) is 0. The Kier molecular flexibility index (Phi) is 5.88. The highest BCUT2D eigenvalue weighted by Gasteiger charge is 2.53. The summed E-state index contributed by atoms with van der Waals surface area (Å²) in [7, 11) is 5.63. The van der Waals surface area contributed by atoms with Crippen molar-refractivity contribution in [3.05, 3.63) is 29.8 Å². The normalized spacial score (nSPS) is 23.5.